The lowest BCUT2D eigenvalue weighted by molar-refractivity contribution is -0.130. The maximum Gasteiger partial charge on any atom is 0.227 e. The van der Waals surface area contributed by atoms with Crippen molar-refractivity contribution in [3.05, 3.63) is 17.8 Å². The lowest BCUT2D eigenvalue weighted by Crippen LogP contribution is -2.42. The molecule has 2 rings (SSSR count). The van der Waals surface area contributed by atoms with Gasteiger partial charge >= 0.3 is 0 Å². The molecule has 1 atom stereocenters. The van der Waals surface area contributed by atoms with E-state index < -0.39 is 0 Å². The van der Waals surface area contributed by atoms with Gasteiger partial charge in [0, 0.05) is 13.0 Å². The molecule has 0 bridgehead atoms. The number of carbonyl (C=O) groups is 1. The lowest BCUT2D eigenvalue weighted by Gasteiger charge is -2.26. The van der Waals surface area contributed by atoms with Crippen LogP contribution in [0.3, 0.4) is 0 Å². The Balaban J connectivity index is 1.92. The third kappa shape index (κ3) is 3.15. The molecular formula is C14H23N3O2. The Morgan fingerprint density at radius 3 is 3.00 bits per heavy atom. The van der Waals surface area contributed by atoms with E-state index in [0.29, 0.717) is 12.4 Å². The molecule has 5 heteroatoms. The molecule has 1 saturated heterocycles. The fourth-order valence-corrected chi connectivity index (χ4v) is 2.68. The Bertz CT molecular complexity index is 422. The number of nitrogens with one attached hydrogen (secondary N) is 2. The Kier molecular flexibility index (Phi) is 4.58. The van der Waals surface area contributed by atoms with Gasteiger partial charge in [-0.3, -0.25) is 4.79 Å². The molecule has 2 heterocycles. The van der Waals surface area contributed by atoms with Crippen LogP contribution in [0.1, 0.15) is 44.8 Å². The van der Waals surface area contributed by atoms with Crippen LogP contribution < -0.4 is 10.6 Å². The summed E-state index contributed by atoms with van der Waals surface area (Å²) in [6.45, 7) is 6.22. The molecule has 2 N–H and O–H groups in total. The van der Waals surface area contributed by atoms with Crippen molar-refractivity contribution < 1.29 is 9.21 Å². The summed E-state index contributed by atoms with van der Waals surface area (Å²) >= 11 is 0. The van der Waals surface area contributed by atoms with E-state index in [9.17, 15) is 4.79 Å². The van der Waals surface area contributed by atoms with Gasteiger partial charge in [-0.2, -0.15) is 0 Å². The molecule has 0 spiro atoms. The highest BCUT2D eigenvalue weighted by molar-refractivity contribution is 5.83. The summed E-state index contributed by atoms with van der Waals surface area (Å²) < 4.78 is 5.50. The van der Waals surface area contributed by atoms with Crippen molar-refractivity contribution >= 4 is 5.91 Å². The zero-order valence-electron chi connectivity index (χ0n) is 11.8. The van der Waals surface area contributed by atoms with E-state index in [1.807, 2.05) is 6.92 Å². The summed E-state index contributed by atoms with van der Waals surface area (Å²) in [7, 11) is 0. The second-order valence-electron chi connectivity index (χ2n) is 5.21. The molecule has 1 aromatic rings. The molecule has 0 radical (unpaired) electrons. The number of oxazole rings is 1. The molecular weight excluding hydrogens is 242 g/mol. The van der Waals surface area contributed by atoms with Crippen molar-refractivity contribution in [1.82, 2.24) is 15.6 Å². The van der Waals surface area contributed by atoms with Crippen LogP contribution in [0, 0.1) is 5.41 Å². The van der Waals surface area contributed by atoms with Gasteiger partial charge in [0.15, 0.2) is 0 Å². The molecule has 106 valence electrons. The number of aryl methyl sites for hydroxylation is 1. The van der Waals surface area contributed by atoms with Crippen LogP contribution in [0.4, 0.5) is 0 Å². The van der Waals surface area contributed by atoms with E-state index in [1.54, 1.807) is 6.20 Å². The normalized spacial score (nSPS) is 22.6. The average Bonchev–Trinajstić information content (AvgIpc) is 3.05. The third-order valence-corrected chi connectivity index (χ3v) is 3.80. The predicted molar refractivity (Wildman–Crippen MR) is 72.6 cm³/mol. The first-order chi connectivity index (χ1) is 9.20. The summed E-state index contributed by atoms with van der Waals surface area (Å²) in [6, 6.07) is 0. The van der Waals surface area contributed by atoms with Crippen molar-refractivity contribution in [3.63, 3.8) is 0 Å². The second kappa shape index (κ2) is 6.19. The standard InChI is InChI=1S/C14H23N3O2/c1-3-5-14(6-7-15-10-14)13(18)17-9-12-16-8-11(4-2)19-12/h8,15H,3-7,9-10H2,1-2H3,(H,17,18). The van der Waals surface area contributed by atoms with E-state index in [4.69, 9.17) is 4.42 Å². The fourth-order valence-electron chi connectivity index (χ4n) is 2.68. The zero-order chi connectivity index (χ0) is 13.7. The van der Waals surface area contributed by atoms with E-state index in [2.05, 4.69) is 22.5 Å². The first-order valence-electron chi connectivity index (χ1n) is 7.13. The van der Waals surface area contributed by atoms with Gasteiger partial charge in [-0.15, -0.1) is 0 Å². The molecule has 0 aliphatic carbocycles. The van der Waals surface area contributed by atoms with Crippen LogP contribution >= 0.6 is 0 Å². The molecule has 1 aliphatic rings. The maximum absolute atomic E-state index is 12.4. The van der Waals surface area contributed by atoms with Crippen molar-refractivity contribution in [2.24, 2.45) is 5.41 Å². The van der Waals surface area contributed by atoms with E-state index in [1.165, 1.54) is 0 Å². The van der Waals surface area contributed by atoms with Crippen molar-refractivity contribution in [1.29, 1.82) is 0 Å². The molecule has 5 nitrogen and oxygen atoms in total. The third-order valence-electron chi connectivity index (χ3n) is 3.80. The van der Waals surface area contributed by atoms with E-state index in [-0.39, 0.29) is 11.3 Å². The van der Waals surface area contributed by atoms with Crippen molar-refractivity contribution in [2.75, 3.05) is 13.1 Å². The van der Waals surface area contributed by atoms with Gasteiger partial charge in [-0.05, 0) is 19.4 Å². The van der Waals surface area contributed by atoms with Gasteiger partial charge in [-0.25, -0.2) is 4.98 Å². The van der Waals surface area contributed by atoms with Crippen LogP contribution in [0.2, 0.25) is 0 Å². The minimum Gasteiger partial charge on any atom is -0.444 e. The fraction of sp³-hybridized carbons (Fsp3) is 0.714. The molecule has 1 aromatic heterocycles. The highest BCUT2D eigenvalue weighted by Gasteiger charge is 2.40. The van der Waals surface area contributed by atoms with Gasteiger partial charge in [0.2, 0.25) is 11.8 Å². The molecule has 0 saturated carbocycles. The number of hydrogen-bond acceptors (Lipinski definition) is 4. The SMILES string of the molecule is CCCC1(C(=O)NCc2ncc(CC)o2)CCNC1. The number of hydrogen-bond donors (Lipinski definition) is 2. The summed E-state index contributed by atoms with van der Waals surface area (Å²) in [5, 5.41) is 6.26. The van der Waals surface area contributed by atoms with Gasteiger partial charge in [0.25, 0.3) is 0 Å². The summed E-state index contributed by atoms with van der Waals surface area (Å²) in [4.78, 5) is 16.5. The molecule has 19 heavy (non-hydrogen) atoms. The highest BCUT2D eigenvalue weighted by atomic mass is 16.4. The number of rotatable bonds is 6. The van der Waals surface area contributed by atoms with E-state index >= 15 is 0 Å². The molecule has 1 fully saturated rings. The number of amides is 1. The number of aromatic nitrogens is 1. The van der Waals surface area contributed by atoms with Gasteiger partial charge in [0.1, 0.15) is 5.76 Å². The molecule has 1 amide bonds. The Hall–Kier alpha value is -1.36. The second-order valence-corrected chi connectivity index (χ2v) is 5.21. The Morgan fingerprint density at radius 1 is 1.58 bits per heavy atom. The number of nitrogens with zero attached hydrogens (tertiary/aromatic N) is 1. The van der Waals surface area contributed by atoms with E-state index in [0.717, 1.165) is 44.5 Å². The first-order valence-corrected chi connectivity index (χ1v) is 7.13. The van der Waals surface area contributed by atoms with Gasteiger partial charge in [0.05, 0.1) is 18.2 Å². The zero-order valence-corrected chi connectivity index (χ0v) is 11.8. The molecule has 1 aliphatic heterocycles. The summed E-state index contributed by atoms with van der Waals surface area (Å²) in [5.74, 6) is 1.56. The smallest absolute Gasteiger partial charge is 0.227 e. The minimum atomic E-state index is -0.241. The van der Waals surface area contributed by atoms with Gasteiger partial charge < -0.3 is 15.1 Å². The first kappa shape index (κ1) is 14.1. The molecule has 1 unspecified atom stereocenters. The Morgan fingerprint density at radius 2 is 2.42 bits per heavy atom. The minimum absolute atomic E-state index is 0.121. The van der Waals surface area contributed by atoms with Crippen molar-refractivity contribution in [3.8, 4) is 0 Å². The quantitative estimate of drug-likeness (QED) is 0.820. The monoisotopic (exact) mass is 265 g/mol. The van der Waals surface area contributed by atoms with Crippen LogP contribution in [-0.2, 0) is 17.8 Å². The topological polar surface area (TPSA) is 67.2 Å². The van der Waals surface area contributed by atoms with Crippen LogP contribution in [0.5, 0.6) is 0 Å². The highest BCUT2D eigenvalue weighted by Crippen LogP contribution is 2.31. The Labute approximate surface area is 114 Å². The summed E-state index contributed by atoms with van der Waals surface area (Å²) in [6.07, 6.45) is 5.41. The largest absolute Gasteiger partial charge is 0.444 e. The average molecular weight is 265 g/mol. The van der Waals surface area contributed by atoms with Crippen LogP contribution in [0.25, 0.3) is 0 Å². The molecule has 0 aromatic carbocycles. The maximum atomic E-state index is 12.4. The summed E-state index contributed by atoms with van der Waals surface area (Å²) in [5.41, 5.74) is -0.241. The predicted octanol–water partition coefficient (Wildman–Crippen LogP) is 1.63. The van der Waals surface area contributed by atoms with Crippen LogP contribution in [-0.4, -0.2) is 24.0 Å². The van der Waals surface area contributed by atoms with Crippen molar-refractivity contribution in [2.45, 2.75) is 46.1 Å². The van der Waals surface area contributed by atoms with Gasteiger partial charge in [-0.1, -0.05) is 20.3 Å². The number of carbonyl (C=O) groups excluding carboxylic acids is 1. The lowest BCUT2D eigenvalue weighted by atomic mass is 9.81. The van der Waals surface area contributed by atoms with Crippen LogP contribution in [0.15, 0.2) is 10.6 Å².